The van der Waals surface area contributed by atoms with Gasteiger partial charge in [0, 0.05) is 25.1 Å². The second-order valence-corrected chi connectivity index (χ2v) is 9.54. The number of aryl methyl sites for hydroxylation is 1. The number of ether oxygens (including phenoxy) is 1. The summed E-state index contributed by atoms with van der Waals surface area (Å²) in [5.41, 5.74) is 5.70. The van der Waals surface area contributed by atoms with Crippen LogP contribution in [-0.2, 0) is 26.0 Å². The van der Waals surface area contributed by atoms with Crippen LogP contribution in [0.5, 0.6) is 0 Å². The molecule has 0 saturated carbocycles. The molecule has 31 heavy (non-hydrogen) atoms. The Labute approximate surface area is 190 Å². The van der Waals surface area contributed by atoms with E-state index >= 15 is 0 Å². The molecule has 0 unspecified atom stereocenters. The number of rotatable bonds is 6. The Balaban J connectivity index is 1.49. The molecule has 0 aromatic heterocycles. The molecule has 1 fully saturated rings. The second kappa shape index (κ2) is 10.4. The van der Waals surface area contributed by atoms with E-state index in [0.29, 0.717) is 37.7 Å². The quantitative estimate of drug-likeness (QED) is 0.611. The lowest BCUT2D eigenvalue weighted by atomic mass is 10.1. The summed E-state index contributed by atoms with van der Waals surface area (Å²) in [5, 5.41) is 0.561. The highest BCUT2D eigenvalue weighted by Gasteiger charge is 2.26. The lowest BCUT2D eigenvalue weighted by molar-refractivity contribution is -0.121. The van der Waals surface area contributed by atoms with Crippen LogP contribution in [-0.4, -0.2) is 50.8 Å². The van der Waals surface area contributed by atoms with Gasteiger partial charge in [0.2, 0.25) is 15.9 Å². The molecule has 166 valence electrons. The van der Waals surface area contributed by atoms with Crippen LogP contribution >= 0.6 is 23.2 Å². The molecule has 2 amide bonds. The van der Waals surface area contributed by atoms with Crippen molar-refractivity contribution in [2.24, 2.45) is 0 Å². The maximum absolute atomic E-state index is 12.6. The summed E-state index contributed by atoms with van der Waals surface area (Å²) in [6.07, 6.45) is 0.490. The van der Waals surface area contributed by atoms with Crippen LogP contribution in [0.3, 0.4) is 0 Å². The molecule has 0 spiro atoms. The van der Waals surface area contributed by atoms with Crippen molar-refractivity contribution in [1.82, 2.24) is 15.2 Å². The van der Waals surface area contributed by atoms with Crippen LogP contribution in [0.1, 0.15) is 22.3 Å². The van der Waals surface area contributed by atoms with Crippen molar-refractivity contribution in [3.63, 3.8) is 0 Å². The molecule has 0 atom stereocenters. The van der Waals surface area contributed by atoms with Crippen LogP contribution in [0, 0.1) is 0 Å². The van der Waals surface area contributed by atoms with Crippen LogP contribution in [0.25, 0.3) is 0 Å². The highest BCUT2D eigenvalue weighted by Crippen LogP contribution is 2.22. The SMILES string of the molecule is O=C(CCc1ccc(S(=O)(=O)N2CCOCC2)cc1)NNC(=O)c1ccc(Cl)c(Cl)c1. The summed E-state index contributed by atoms with van der Waals surface area (Å²) in [6, 6.07) is 10.8. The highest BCUT2D eigenvalue weighted by atomic mass is 35.5. The Morgan fingerprint density at radius 2 is 1.65 bits per heavy atom. The maximum Gasteiger partial charge on any atom is 0.269 e. The molecule has 2 aromatic rings. The molecule has 2 N–H and O–H groups in total. The predicted octanol–water partition coefficient (Wildman–Crippen LogP) is 2.41. The largest absolute Gasteiger partial charge is 0.379 e. The summed E-state index contributed by atoms with van der Waals surface area (Å²) in [5.74, 6) is -0.914. The van der Waals surface area contributed by atoms with Crippen molar-refractivity contribution in [3.05, 3.63) is 63.6 Å². The van der Waals surface area contributed by atoms with E-state index in [1.54, 1.807) is 12.1 Å². The Morgan fingerprint density at radius 1 is 0.968 bits per heavy atom. The zero-order valence-corrected chi connectivity index (χ0v) is 18.8. The van der Waals surface area contributed by atoms with Crippen LogP contribution in [0.15, 0.2) is 47.4 Å². The van der Waals surface area contributed by atoms with Gasteiger partial charge in [0.1, 0.15) is 0 Å². The number of halogens is 2. The predicted molar refractivity (Wildman–Crippen MR) is 116 cm³/mol. The van der Waals surface area contributed by atoms with Crippen LogP contribution < -0.4 is 10.9 Å². The number of benzene rings is 2. The summed E-state index contributed by atoms with van der Waals surface area (Å²) in [6.45, 7) is 1.43. The van der Waals surface area contributed by atoms with Crippen molar-refractivity contribution in [2.45, 2.75) is 17.7 Å². The van der Waals surface area contributed by atoms with E-state index in [4.69, 9.17) is 27.9 Å². The molecule has 2 aromatic carbocycles. The fourth-order valence-electron chi connectivity index (χ4n) is 2.92. The maximum atomic E-state index is 12.6. The Bertz CT molecular complexity index is 1050. The van der Waals surface area contributed by atoms with Gasteiger partial charge in [0.05, 0.1) is 28.2 Å². The van der Waals surface area contributed by atoms with E-state index in [-0.39, 0.29) is 21.9 Å². The van der Waals surface area contributed by atoms with Crippen molar-refractivity contribution < 1.29 is 22.7 Å². The molecule has 1 heterocycles. The van der Waals surface area contributed by atoms with Crippen molar-refractivity contribution >= 4 is 45.0 Å². The van der Waals surface area contributed by atoms with E-state index in [9.17, 15) is 18.0 Å². The highest BCUT2D eigenvalue weighted by molar-refractivity contribution is 7.89. The molecule has 1 saturated heterocycles. The fourth-order valence-corrected chi connectivity index (χ4v) is 4.63. The van der Waals surface area contributed by atoms with Gasteiger partial charge in [-0.25, -0.2) is 8.42 Å². The van der Waals surface area contributed by atoms with Gasteiger partial charge >= 0.3 is 0 Å². The van der Waals surface area contributed by atoms with Gasteiger partial charge in [-0.3, -0.25) is 20.4 Å². The number of carbonyl (C=O) groups excluding carboxylic acids is 2. The molecule has 1 aliphatic heterocycles. The van der Waals surface area contributed by atoms with E-state index in [2.05, 4.69) is 10.9 Å². The summed E-state index contributed by atoms with van der Waals surface area (Å²) >= 11 is 11.7. The average molecular weight is 486 g/mol. The topological polar surface area (TPSA) is 105 Å². The third kappa shape index (κ3) is 6.18. The van der Waals surface area contributed by atoms with Crippen LogP contribution in [0.4, 0.5) is 0 Å². The lowest BCUT2D eigenvalue weighted by Crippen LogP contribution is -2.41. The number of hydrazine groups is 1. The number of nitrogens with one attached hydrogen (secondary N) is 2. The minimum atomic E-state index is -3.55. The Kier molecular flexibility index (Phi) is 7.90. The van der Waals surface area contributed by atoms with Crippen molar-refractivity contribution in [1.29, 1.82) is 0 Å². The molecule has 11 heteroatoms. The molecule has 8 nitrogen and oxygen atoms in total. The van der Waals surface area contributed by atoms with Gasteiger partial charge in [-0.05, 0) is 42.3 Å². The summed E-state index contributed by atoms with van der Waals surface area (Å²) < 4.78 is 31.8. The third-order valence-corrected chi connectivity index (χ3v) is 7.32. The third-order valence-electron chi connectivity index (χ3n) is 4.67. The van der Waals surface area contributed by atoms with E-state index in [1.165, 1.54) is 34.6 Å². The van der Waals surface area contributed by atoms with E-state index < -0.39 is 21.8 Å². The van der Waals surface area contributed by atoms with E-state index in [0.717, 1.165) is 5.56 Å². The standard InChI is InChI=1S/C20H21Cl2N3O5S/c21-17-7-4-15(13-18(17)22)20(27)24-23-19(26)8-3-14-1-5-16(6-2-14)31(28,29)25-9-11-30-12-10-25/h1-2,4-7,13H,3,8-12H2,(H,23,26)(H,24,27). The monoisotopic (exact) mass is 485 g/mol. The van der Waals surface area contributed by atoms with Gasteiger partial charge in [0.25, 0.3) is 5.91 Å². The molecule has 1 aliphatic rings. The second-order valence-electron chi connectivity index (χ2n) is 6.79. The first-order valence-corrected chi connectivity index (χ1v) is 11.7. The van der Waals surface area contributed by atoms with Gasteiger partial charge < -0.3 is 4.74 Å². The number of morpholine rings is 1. The first-order chi connectivity index (χ1) is 14.8. The molecular formula is C20H21Cl2N3O5S. The first kappa shape index (κ1) is 23.5. The Hall–Kier alpha value is -2.17. The smallest absolute Gasteiger partial charge is 0.269 e. The molecule has 0 bridgehead atoms. The number of nitrogens with zero attached hydrogens (tertiary/aromatic N) is 1. The van der Waals surface area contributed by atoms with Gasteiger partial charge in [0.15, 0.2) is 0 Å². The molecular weight excluding hydrogens is 465 g/mol. The zero-order valence-electron chi connectivity index (χ0n) is 16.4. The van der Waals surface area contributed by atoms with Crippen LogP contribution in [0.2, 0.25) is 10.0 Å². The zero-order chi connectivity index (χ0) is 22.4. The van der Waals surface area contributed by atoms with E-state index in [1.807, 2.05) is 0 Å². The van der Waals surface area contributed by atoms with Gasteiger partial charge in [-0.1, -0.05) is 35.3 Å². The van der Waals surface area contributed by atoms with Crippen molar-refractivity contribution in [3.8, 4) is 0 Å². The number of amides is 2. The number of hydrogen-bond donors (Lipinski definition) is 2. The molecule has 0 radical (unpaired) electrons. The first-order valence-electron chi connectivity index (χ1n) is 9.48. The normalized spacial score (nSPS) is 14.8. The number of hydrogen-bond acceptors (Lipinski definition) is 5. The summed E-state index contributed by atoms with van der Waals surface area (Å²) in [4.78, 5) is 24.3. The minimum Gasteiger partial charge on any atom is -0.379 e. The number of sulfonamides is 1. The van der Waals surface area contributed by atoms with Gasteiger partial charge in [-0.15, -0.1) is 0 Å². The van der Waals surface area contributed by atoms with Gasteiger partial charge in [-0.2, -0.15) is 4.31 Å². The lowest BCUT2D eigenvalue weighted by Gasteiger charge is -2.26. The summed E-state index contributed by atoms with van der Waals surface area (Å²) in [7, 11) is -3.55. The molecule has 3 rings (SSSR count). The fraction of sp³-hybridized carbons (Fsp3) is 0.300. The Morgan fingerprint density at radius 3 is 2.29 bits per heavy atom. The molecule has 0 aliphatic carbocycles. The minimum absolute atomic E-state index is 0.108. The van der Waals surface area contributed by atoms with Crippen molar-refractivity contribution in [2.75, 3.05) is 26.3 Å². The number of carbonyl (C=O) groups is 2. The average Bonchev–Trinajstić information content (AvgIpc) is 2.78.